The van der Waals surface area contributed by atoms with Crippen LogP contribution in [0.1, 0.15) is 3.58 Å². The minimum atomic E-state index is -0.285. The summed E-state index contributed by atoms with van der Waals surface area (Å²) < 4.78 is 8.18. The Hall–Kier alpha value is -1.03. The fourth-order valence-corrected chi connectivity index (χ4v) is 4.69. The molecule has 2 nitrogen and oxygen atoms in total. The Balaban J connectivity index is 1.63. The van der Waals surface area contributed by atoms with Gasteiger partial charge in [-0.05, 0) is 0 Å². The summed E-state index contributed by atoms with van der Waals surface area (Å²) in [4.78, 5) is 2.36. The first-order valence-electron chi connectivity index (χ1n) is 6.86. The van der Waals surface area contributed by atoms with Crippen molar-refractivity contribution >= 4 is 20.4 Å². The Morgan fingerprint density at radius 1 is 1.05 bits per heavy atom. The molecule has 0 radical (unpaired) electrons. The molecule has 1 fully saturated rings. The van der Waals surface area contributed by atoms with Gasteiger partial charge < -0.3 is 0 Å². The van der Waals surface area contributed by atoms with Crippen LogP contribution in [-0.2, 0) is 4.74 Å². The van der Waals surface area contributed by atoms with Crippen molar-refractivity contribution in [3.05, 3.63) is 46.0 Å². The van der Waals surface area contributed by atoms with Gasteiger partial charge in [0.15, 0.2) is 0 Å². The van der Waals surface area contributed by atoms with Crippen molar-refractivity contribution in [3.63, 3.8) is 0 Å². The van der Waals surface area contributed by atoms with E-state index < -0.39 is 0 Å². The Labute approximate surface area is 130 Å². The molecule has 0 aliphatic carbocycles. The van der Waals surface area contributed by atoms with Crippen LogP contribution in [0.3, 0.4) is 0 Å². The Morgan fingerprint density at radius 2 is 1.85 bits per heavy atom. The first-order chi connectivity index (χ1) is 9.92. The average molecular weight is 379 g/mol. The van der Waals surface area contributed by atoms with E-state index >= 15 is 0 Å². The van der Waals surface area contributed by atoms with Crippen molar-refractivity contribution in [2.75, 3.05) is 32.8 Å². The fourth-order valence-electron chi connectivity index (χ4n) is 2.16. The standard InChI is InChI=1S/C17H17NOTe/c1-2-5-15(6-3-1)17-9-8-16(20-17)7-4-10-18-11-13-19-14-12-18/h1-3,5-6,8-9H,10-14H2. The van der Waals surface area contributed by atoms with Gasteiger partial charge in [-0.1, -0.05) is 0 Å². The van der Waals surface area contributed by atoms with E-state index in [0.717, 1.165) is 32.8 Å². The van der Waals surface area contributed by atoms with E-state index in [2.05, 4.69) is 59.2 Å². The van der Waals surface area contributed by atoms with Crippen LogP contribution in [0.5, 0.6) is 0 Å². The number of hydrogen-bond acceptors (Lipinski definition) is 2. The molecule has 0 amide bonds. The molecule has 0 spiro atoms. The molecule has 2 heterocycles. The number of ether oxygens (including phenoxy) is 1. The summed E-state index contributed by atoms with van der Waals surface area (Å²) in [7, 11) is 0. The Kier molecular flexibility index (Phi) is 4.96. The van der Waals surface area contributed by atoms with Gasteiger partial charge in [0, 0.05) is 0 Å². The van der Waals surface area contributed by atoms with Crippen molar-refractivity contribution in [1.29, 1.82) is 0 Å². The summed E-state index contributed by atoms with van der Waals surface area (Å²) in [6, 6.07) is 15.1. The molecule has 0 atom stereocenters. The molecule has 0 N–H and O–H groups in total. The van der Waals surface area contributed by atoms with Crippen molar-refractivity contribution < 1.29 is 4.74 Å². The van der Waals surface area contributed by atoms with Crippen molar-refractivity contribution in [2.45, 2.75) is 0 Å². The fraction of sp³-hybridized carbons (Fsp3) is 0.294. The van der Waals surface area contributed by atoms with Gasteiger partial charge in [-0.15, -0.1) is 0 Å². The second-order valence-electron chi connectivity index (χ2n) is 4.72. The van der Waals surface area contributed by atoms with E-state index in [1.54, 1.807) is 0 Å². The summed E-state index contributed by atoms with van der Waals surface area (Å²) in [6.07, 6.45) is 0. The summed E-state index contributed by atoms with van der Waals surface area (Å²) in [6.45, 7) is 4.58. The Morgan fingerprint density at radius 3 is 2.65 bits per heavy atom. The third kappa shape index (κ3) is 3.75. The van der Waals surface area contributed by atoms with Gasteiger partial charge in [-0.3, -0.25) is 0 Å². The third-order valence-electron chi connectivity index (χ3n) is 3.28. The molecule has 0 saturated carbocycles. The minimum absolute atomic E-state index is 0.285. The first kappa shape index (κ1) is 13.9. The molecule has 1 aromatic carbocycles. The first-order valence-corrected chi connectivity index (χ1v) is 9.19. The third-order valence-corrected chi connectivity index (χ3v) is 6.28. The normalized spacial score (nSPS) is 15.6. The van der Waals surface area contributed by atoms with Crippen LogP contribution in [0.25, 0.3) is 9.14 Å². The van der Waals surface area contributed by atoms with Gasteiger partial charge in [0.1, 0.15) is 0 Å². The molecular formula is C17H17NOTe. The predicted octanol–water partition coefficient (Wildman–Crippen LogP) is 2.09. The van der Waals surface area contributed by atoms with Crippen molar-refractivity contribution in [2.24, 2.45) is 0 Å². The van der Waals surface area contributed by atoms with Gasteiger partial charge in [-0.2, -0.15) is 0 Å². The van der Waals surface area contributed by atoms with E-state index in [-0.39, 0.29) is 20.4 Å². The van der Waals surface area contributed by atoms with Gasteiger partial charge in [0.05, 0.1) is 0 Å². The van der Waals surface area contributed by atoms with E-state index in [0.29, 0.717) is 0 Å². The van der Waals surface area contributed by atoms with E-state index in [4.69, 9.17) is 4.74 Å². The van der Waals surface area contributed by atoms with Gasteiger partial charge in [0.2, 0.25) is 0 Å². The van der Waals surface area contributed by atoms with E-state index in [1.807, 2.05) is 0 Å². The number of hydrogen-bond donors (Lipinski definition) is 0. The molecule has 3 heteroatoms. The zero-order chi connectivity index (χ0) is 13.6. The van der Waals surface area contributed by atoms with Crippen LogP contribution in [0, 0.1) is 11.8 Å². The van der Waals surface area contributed by atoms with Crippen LogP contribution in [0.4, 0.5) is 0 Å². The quantitative estimate of drug-likeness (QED) is 0.586. The molecule has 20 heavy (non-hydrogen) atoms. The molecule has 1 aliphatic rings. The molecule has 1 aliphatic heterocycles. The van der Waals surface area contributed by atoms with Gasteiger partial charge in [0.25, 0.3) is 0 Å². The topological polar surface area (TPSA) is 12.5 Å². The molecular weight excluding hydrogens is 362 g/mol. The maximum atomic E-state index is 5.34. The van der Waals surface area contributed by atoms with Crippen molar-refractivity contribution in [1.82, 2.24) is 4.90 Å². The van der Waals surface area contributed by atoms with Crippen LogP contribution in [0.15, 0.2) is 42.5 Å². The summed E-state index contributed by atoms with van der Waals surface area (Å²) in [5, 5.41) is 0. The molecule has 0 bridgehead atoms. The summed E-state index contributed by atoms with van der Waals surface area (Å²) >= 11 is -0.285. The van der Waals surface area contributed by atoms with Crippen LogP contribution in [0.2, 0.25) is 0 Å². The Bertz CT molecular complexity index is 603. The summed E-state index contributed by atoms with van der Waals surface area (Å²) in [5.41, 5.74) is 1.36. The predicted molar refractivity (Wildman–Crippen MR) is 83.0 cm³/mol. The maximum absolute atomic E-state index is 5.34. The molecule has 3 rings (SSSR count). The number of nitrogens with zero attached hydrogens (tertiary/aromatic N) is 1. The van der Waals surface area contributed by atoms with Crippen LogP contribution >= 0.6 is 0 Å². The number of benzene rings is 1. The SMILES string of the molecule is C(#Cc1ccc(-c2ccccc2)[te]1)CN1CCOCC1. The van der Waals surface area contributed by atoms with E-state index in [9.17, 15) is 0 Å². The van der Waals surface area contributed by atoms with Gasteiger partial charge >= 0.3 is 130 Å². The zero-order valence-electron chi connectivity index (χ0n) is 11.3. The monoisotopic (exact) mass is 381 g/mol. The van der Waals surface area contributed by atoms with E-state index in [1.165, 1.54) is 12.7 Å². The van der Waals surface area contributed by atoms with Gasteiger partial charge in [-0.25, -0.2) is 0 Å². The molecule has 1 aromatic heterocycles. The van der Waals surface area contributed by atoms with Crippen LogP contribution in [-0.4, -0.2) is 58.2 Å². The molecule has 0 unspecified atom stereocenters. The number of morpholine rings is 1. The summed E-state index contributed by atoms with van der Waals surface area (Å²) in [5.74, 6) is 6.68. The number of rotatable bonds is 2. The van der Waals surface area contributed by atoms with Crippen LogP contribution < -0.4 is 0 Å². The second-order valence-corrected chi connectivity index (χ2v) is 7.81. The molecule has 2 aromatic rings. The average Bonchev–Trinajstić information content (AvgIpc) is 2.98. The van der Waals surface area contributed by atoms with Crippen molar-refractivity contribution in [3.8, 4) is 21.0 Å². The zero-order valence-corrected chi connectivity index (χ0v) is 13.7. The molecule has 1 saturated heterocycles. The second kappa shape index (κ2) is 7.11. The molecule has 102 valence electrons.